The summed E-state index contributed by atoms with van der Waals surface area (Å²) in [5.41, 5.74) is 1.64. The van der Waals surface area contributed by atoms with Crippen molar-refractivity contribution >= 4 is 27.9 Å². The maximum Gasteiger partial charge on any atom is 0.283 e. The Balaban J connectivity index is 1.59. The lowest BCUT2D eigenvalue weighted by atomic mass is 10.2. The minimum atomic E-state index is -0.164. The van der Waals surface area contributed by atoms with E-state index in [1.54, 1.807) is 6.07 Å². The molecule has 1 atom stereocenters. The molecule has 0 bridgehead atoms. The molecular formula is C20H25N4O2S+. The van der Waals surface area contributed by atoms with Gasteiger partial charge in [0.2, 0.25) is 0 Å². The molecule has 142 valence electrons. The van der Waals surface area contributed by atoms with E-state index in [0.29, 0.717) is 17.2 Å². The zero-order valence-electron chi connectivity index (χ0n) is 15.7. The number of anilines is 2. The maximum absolute atomic E-state index is 12.6. The van der Waals surface area contributed by atoms with Gasteiger partial charge in [0.25, 0.3) is 5.91 Å². The number of benzene rings is 1. The summed E-state index contributed by atoms with van der Waals surface area (Å²) < 4.78 is 5.75. The highest BCUT2D eigenvalue weighted by molar-refractivity contribution is 7.14. The molecule has 1 aromatic heterocycles. The topological polar surface area (TPSA) is 69.8 Å². The van der Waals surface area contributed by atoms with Crippen LogP contribution in [0, 0.1) is 11.3 Å². The van der Waals surface area contributed by atoms with Crippen LogP contribution in [-0.4, -0.2) is 44.7 Å². The van der Waals surface area contributed by atoms with Gasteiger partial charge < -0.3 is 19.9 Å². The number of para-hydroxylation sites is 2. The third-order valence-electron chi connectivity index (χ3n) is 4.94. The van der Waals surface area contributed by atoms with Crippen molar-refractivity contribution in [2.24, 2.45) is 0 Å². The molecule has 0 spiro atoms. The quantitative estimate of drug-likeness (QED) is 0.795. The number of carbonyl (C=O) groups is 1. The van der Waals surface area contributed by atoms with Gasteiger partial charge in [-0.3, -0.25) is 4.79 Å². The number of hydrogen-bond donors (Lipinski definition) is 2. The minimum Gasteiger partial charge on any atom is -0.492 e. The van der Waals surface area contributed by atoms with Gasteiger partial charge in [0.15, 0.2) is 6.04 Å². The first kappa shape index (κ1) is 19.2. The molecule has 7 heteroatoms. The maximum atomic E-state index is 12.6. The first-order chi connectivity index (χ1) is 13.1. The second-order valence-corrected chi connectivity index (χ2v) is 7.45. The molecule has 27 heavy (non-hydrogen) atoms. The van der Waals surface area contributed by atoms with Crippen molar-refractivity contribution in [1.29, 1.82) is 5.26 Å². The standard InChI is InChI=1S/C20H24N4O2S/c1-3-26-18-7-5-4-6-17(18)24-11-9-23(10-12-24)15(2)19(25)22-20-16(14-21)8-13-27-20/h4-8,13,15H,3,9-12H2,1-2H3,(H,22,25)/p+1/t15-/m1/s1. The predicted molar refractivity (Wildman–Crippen MR) is 108 cm³/mol. The Labute approximate surface area is 164 Å². The van der Waals surface area contributed by atoms with E-state index in [1.165, 1.54) is 16.2 Å². The van der Waals surface area contributed by atoms with Gasteiger partial charge >= 0.3 is 0 Å². The fourth-order valence-electron chi connectivity index (χ4n) is 3.36. The van der Waals surface area contributed by atoms with Crippen molar-refractivity contribution in [2.45, 2.75) is 19.9 Å². The second-order valence-electron chi connectivity index (χ2n) is 6.53. The van der Waals surface area contributed by atoms with E-state index in [1.807, 2.05) is 37.4 Å². The van der Waals surface area contributed by atoms with E-state index in [0.717, 1.165) is 37.6 Å². The highest BCUT2D eigenvalue weighted by atomic mass is 32.1. The molecule has 2 aromatic rings. The van der Waals surface area contributed by atoms with E-state index in [-0.39, 0.29) is 11.9 Å². The van der Waals surface area contributed by atoms with E-state index in [9.17, 15) is 4.79 Å². The zero-order chi connectivity index (χ0) is 19.2. The normalized spacial score (nSPS) is 15.8. The summed E-state index contributed by atoms with van der Waals surface area (Å²) in [5, 5.41) is 14.5. The number of quaternary nitrogens is 1. The molecule has 0 aliphatic carbocycles. The number of amides is 1. The van der Waals surface area contributed by atoms with E-state index in [4.69, 9.17) is 10.00 Å². The molecule has 1 aliphatic heterocycles. The molecule has 2 heterocycles. The number of nitriles is 1. The first-order valence-electron chi connectivity index (χ1n) is 9.23. The van der Waals surface area contributed by atoms with Crippen LogP contribution >= 0.6 is 11.3 Å². The molecule has 1 amide bonds. The van der Waals surface area contributed by atoms with E-state index < -0.39 is 0 Å². The van der Waals surface area contributed by atoms with Crippen molar-refractivity contribution in [2.75, 3.05) is 43.0 Å². The fraction of sp³-hybridized carbons (Fsp3) is 0.400. The van der Waals surface area contributed by atoms with Crippen molar-refractivity contribution < 1.29 is 14.4 Å². The number of piperazine rings is 1. The first-order valence-corrected chi connectivity index (χ1v) is 10.1. The highest BCUT2D eigenvalue weighted by Gasteiger charge is 2.30. The van der Waals surface area contributed by atoms with E-state index in [2.05, 4.69) is 22.4 Å². The lowest BCUT2D eigenvalue weighted by Gasteiger charge is -2.36. The van der Waals surface area contributed by atoms with Crippen molar-refractivity contribution in [3.05, 3.63) is 41.3 Å². The van der Waals surface area contributed by atoms with Crippen LogP contribution in [0.25, 0.3) is 0 Å². The molecule has 1 aliphatic rings. The van der Waals surface area contributed by atoms with Gasteiger partial charge in [-0.15, -0.1) is 11.3 Å². The van der Waals surface area contributed by atoms with Crippen molar-refractivity contribution in [3.63, 3.8) is 0 Å². The molecule has 1 fully saturated rings. The largest absolute Gasteiger partial charge is 0.492 e. The number of thiophene rings is 1. The third-order valence-corrected chi connectivity index (χ3v) is 5.77. The van der Waals surface area contributed by atoms with E-state index >= 15 is 0 Å². The smallest absolute Gasteiger partial charge is 0.283 e. The van der Waals surface area contributed by atoms with Crippen LogP contribution in [0.2, 0.25) is 0 Å². The third kappa shape index (κ3) is 4.41. The number of hydrogen-bond acceptors (Lipinski definition) is 5. The predicted octanol–water partition coefficient (Wildman–Crippen LogP) is 1.75. The average Bonchev–Trinajstić information content (AvgIpc) is 3.15. The molecule has 0 saturated carbocycles. The summed E-state index contributed by atoms with van der Waals surface area (Å²) >= 11 is 1.38. The molecule has 2 N–H and O–H groups in total. The summed E-state index contributed by atoms with van der Waals surface area (Å²) in [6.07, 6.45) is 0. The summed E-state index contributed by atoms with van der Waals surface area (Å²) in [5.74, 6) is 0.878. The average molecular weight is 386 g/mol. The van der Waals surface area contributed by atoms with Gasteiger partial charge in [0, 0.05) is 0 Å². The van der Waals surface area contributed by atoms with Crippen LogP contribution < -0.4 is 19.9 Å². The lowest BCUT2D eigenvalue weighted by Crippen LogP contribution is -3.19. The van der Waals surface area contributed by atoms with Crippen LogP contribution in [0.1, 0.15) is 19.4 Å². The second kappa shape index (κ2) is 8.89. The monoisotopic (exact) mass is 385 g/mol. The molecule has 3 rings (SSSR count). The molecule has 1 aromatic carbocycles. The van der Waals surface area contributed by atoms with Gasteiger partial charge in [0.05, 0.1) is 44.0 Å². The van der Waals surface area contributed by atoms with Gasteiger partial charge in [-0.2, -0.15) is 5.26 Å². The fourth-order valence-corrected chi connectivity index (χ4v) is 4.10. The summed E-state index contributed by atoms with van der Waals surface area (Å²) in [4.78, 5) is 16.2. The van der Waals surface area contributed by atoms with Crippen LogP contribution in [-0.2, 0) is 4.79 Å². The molecule has 1 saturated heterocycles. The summed E-state index contributed by atoms with van der Waals surface area (Å²) in [7, 11) is 0. The Morgan fingerprint density at radius 1 is 1.37 bits per heavy atom. The number of nitrogens with zero attached hydrogens (tertiary/aromatic N) is 2. The van der Waals surface area contributed by atoms with Gasteiger partial charge in [-0.05, 0) is 37.4 Å². The van der Waals surface area contributed by atoms with Gasteiger partial charge in [0.1, 0.15) is 16.8 Å². The summed E-state index contributed by atoms with van der Waals surface area (Å²) in [6.45, 7) is 8.10. The Morgan fingerprint density at radius 3 is 2.81 bits per heavy atom. The summed E-state index contributed by atoms with van der Waals surface area (Å²) in [6, 6.07) is 11.8. The Kier molecular flexibility index (Phi) is 6.32. The zero-order valence-corrected chi connectivity index (χ0v) is 16.5. The van der Waals surface area contributed by atoms with Crippen LogP contribution in [0.4, 0.5) is 10.7 Å². The number of nitrogens with one attached hydrogen (secondary N) is 2. The van der Waals surface area contributed by atoms with Gasteiger partial charge in [-0.25, -0.2) is 0 Å². The molecule has 0 unspecified atom stereocenters. The van der Waals surface area contributed by atoms with Crippen LogP contribution in [0.3, 0.4) is 0 Å². The molecular weight excluding hydrogens is 360 g/mol. The Morgan fingerprint density at radius 2 is 2.11 bits per heavy atom. The van der Waals surface area contributed by atoms with Crippen LogP contribution in [0.15, 0.2) is 35.7 Å². The number of rotatable bonds is 6. The Bertz CT molecular complexity index is 821. The number of ether oxygens (including phenoxy) is 1. The number of carbonyl (C=O) groups excluding carboxylic acids is 1. The highest BCUT2D eigenvalue weighted by Crippen LogP contribution is 2.28. The minimum absolute atomic E-state index is 0.0351. The van der Waals surface area contributed by atoms with Gasteiger partial charge in [-0.1, -0.05) is 12.1 Å². The Hall–Kier alpha value is -2.56. The molecule has 0 radical (unpaired) electrons. The van der Waals surface area contributed by atoms with Crippen molar-refractivity contribution in [3.8, 4) is 11.8 Å². The van der Waals surface area contributed by atoms with Crippen molar-refractivity contribution in [1.82, 2.24) is 0 Å². The lowest BCUT2D eigenvalue weighted by molar-refractivity contribution is -0.914. The molecule has 6 nitrogen and oxygen atoms in total. The van der Waals surface area contributed by atoms with Crippen LogP contribution in [0.5, 0.6) is 5.75 Å². The SMILES string of the molecule is CCOc1ccccc1N1CC[NH+]([C@H](C)C(=O)Nc2sccc2C#N)CC1.